The van der Waals surface area contributed by atoms with Gasteiger partial charge >= 0.3 is 0 Å². The fraction of sp³-hybridized carbons (Fsp3) is 0.240. The normalized spacial score (nSPS) is 11.1. The fourth-order valence-corrected chi connectivity index (χ4v) is 4.10. The van der Waals surface area contributed by atoms with Crippen molar-refractivity contribution in [2.45, 2.75) is 31.7 Å². The van der Waals surface area contributed by atoms with Gasteiger partial charge in [-0.3, -0.25) is 4.79 Å². The molecule has 0 aliphatic rings. The third-order valence-corrected chi connectivity index (χ3v) is 6.01. The minimum absolute atomic E-state index is 0.0673. The maximum atomic E-state index is 12.5. The highest BCUT2D eigenvalue weighted by atomic mass is 32.2. The summed E-state index contributed by atoms with van der Waals surface area (Å²) in [5, 5.41) is 8.38. The molecule has 7 heteroatoms. The van der Waals surface area contributed by atoms with Gasteiger partial charge in [0.05, 0.1) is 23.6 Å². The molecule has 4 aromatic rings. The number of amides is 1. The lowest BCUT2D eigenvalue weighted by molar-refractivity contribution is -0.113. The first-order valence-corrected chi connectivity index (χ1v) is 11.6. The molecule has 0 radical (unpaired) electrons. The Morgan fingerprint density at radius 1 is 1.12 bits per heavy atom. The van der Waals surface area contributed by atoms with E-state index in [2.05, 4.69) is 29.2 Å². The summed E-state index contributed by atoms with van der Waals surface area (Å²) in [6.07, 6.45) is 3.51. The second-order valence-corrected chi connectivity index (χ2v) is 8.63. The largest absolute Gasteiger partial charge is 0.494 e. The fourth-order valence-electron chi connectivity index (χ4n) is 3.32. The Balaban J connectivity index is 1.44. The highest BCUT2D eigenvalue weighted by Gasteiger charge is 2.12. The number of carbonyl (C=O) groups is 1. The molecule has 2 aromatic carbocycles. The first-order valence-electron chi connectivity index (χ1n) is 10.6. The number of nitrogens with zero attached hydrogens (tertiary/aromatic N) is 3. The number of hydrogen-bond donors (Lipinski definition) is 1. The van der Waals surface area contributed by atoms with Gasteiger partial charge in [0.15, 0.2) is 0 Å². The van der Waals surface area contributed by atoms with Crippen LogP contribution in [0.4, 0.5) is 5.69 Å². The van der Waals surface area contributed by atoms with Crippen LogP contribution in [0.15, 0.2) is 72.0 Å². The topological polar surface area (TPSA) is 68.5 Å². The van der Waals surface area contributed by atoms with Gasteiger partial charge < -0.3 is 10.1 Å². The Morgan fingerprint density at radius 2 is 1.88 bits per heavy atom. The number of anilines is 1. The van der Waals surface area contributed by atoms with Crippen molar-refractivity contribution in [3.63, 3.8) is 0 Å². The summed E-state index contributed by atoms with van der Waals surface area (Å²) >= 11 is 1.40. The third-order valence-electron chi connectivity index (χ3n) is 5.02. The molecule has 4 rings (SSSR count). The zero-order valence-electron chi connectivity index (χ0n) is 18.4. The van der Waals surface area contributed by atoms with Crippen LogP contribution in [0.2, 0.25) is 0 Å². The molecule has 0 aliphatic carbocycles. The molecule has 0 bridgehead atoms. The van der Waals surface area contributed by atoms with E-state index in [1.807, 2.05) is 67.7 Å². The lowest BCUT2D eigenvalue weighted by Gasteiger charge is -2.08. The highest BCUT2D eigenvalue weighted by Crippen LogP contribution is 2.27. The lowest BCUT2D eigenvalue weighted by atomic mass is 10.0. The first kappa shape index (κ1) is 21.9. The number of carbonyl (C=O) groups excluding carboxylic acids is 1. The molecule has 1 amide bonds. The number of ether oxygens (including phenoxy) is 1. The van der Waals surface area contributed by atoms with E-state index in [9.17, 15) is 4.79 Å². The van der Waals surface area contributed by atoms with Crippen molar-refractivity contribution in [3.8, 4) is 17.0 Å². The quantitative estimate of drug-likeness (QED) is 0.354. The van der Waals surface area contributed by atoms with Gasteiger partial charge in [-0.25, -0.2) is 9.50 Å². The summed E-state index contributed by atoms with van der Waals surface area (Å²) in [7, 11) is 0. The van der Waals surface area contributed by atoms with E-state index in [4.69, 9.17) is 4.74 Å². The summed E-state index contributed by atoms with van der Waals surface area (Å²) in [6, 6.07) is 17.8. The number of benzene rings is 2. The first-order chi connectivity index (χ1) is 15.5. The van der Waals surface area contributed by atoms with Gasteiger partial charge in [0, 0.05) is 23.6 Å². The Bertz CT molecular complexity index is 1200. The van der Waals surface area contributed by atoms with Crippen LogP contribution < -0.4 is 10.1 Å². The minimum Gasteiger partial charge on any atom is -0.494 e. The summed E-state index contributed by atoms with van der Waals surface area (Å²) in [5.41, 5.74) is 4.76. The minimum atomic E-state index is -0.0673. The van der Waals surface area contributed by atoms with Crippen molar-refractivity contribution in [1.82, 2.24) is 14.6 Å². The van der Waals surface area contributed by atoms with Crippen molar-refractivity contribution in [3.05, 3.63) is 72.6 Å². The van der Waals surface area contributed by atoms with E-state index in [-0.39, 0.29) is 11.7 Å². The van der Waals surface area contributed by atoms with Gasteiger partial charge in [-0.05, 0) is 60.9 Å². The molecule has 0 aliphatic heterocycles. The van der Waals surface area contributed by atoms with Crippen LogP contribution >= 0.6 is 11.8 Å². The maximum absolute atomic E-state index is 12.5. The van der Waals surface area contributed by atoms with Crippen molar-refractivity contribution in [2.75, 3.05) is 17.7 Å². The molecule has 0 saturated heterocycles. The SMILES string of the molecule is CCOc1ccc(-c2cc3c(SCC(=O)Nc4ccc(C(C)C)cc4)nccn3n2)cc1. The Hall–Kier alpha value is -3.32. The van der Waals surface area contributed by atoms with Crippen molar-refractivity contribution >= 4 is 28.9 Å². The van der Waals surface area contributed by atoms with E-state index >= 15 is 0 Å². The summed E-state index contributed by atoms with van der Waals surface area (Å²) in [6.45, 7) is 6.90. The molecule has 0 spiro atoms. The van der Waals surface area contributed by atoms with Gasteiger partial charge in [-0.2, -0.15) is 5.10 Å². The maximum Gasteiger partial charge on any atom is 0.234 e. The van der Waals surface area contributed by atoms with Crippen LogP contribution in [0.3, 0.4) is 0 Å². The molecule has 32 heavy (non-hydrogen) atoms. The molecule has 6 nitrogen and oxygen atoms in total. The predicted octanol–water partition coefficient (Wildman–Crippen LogP) is 5.65. The summed E-state index contributed by atoms with van der Waals surface area (Å²) < 4.78 is 7.31. The third kappa shape index (κ3) is 5.11. The standard InChI is InChI=1S/C25H26N4O2S/c1-4-31-21-11-7-19(8-12-21)22-15-23-25(26-13-14-29(23)28-22)32-16-24(30)27-20-9-5-18(6-10-20)17(2)3/h5-15,17H,4,16H2,1-3H3,(H,27,30). The zero-order chi connectivity index (χ0) is 22.5. The van der Waals surface area contributed by atoms with Gasteiger partial charge in [-0.1, -0.05) is 37.7 Å². The molecule has 0 fully saturated rings. The average Bonchev–Trinajstić information content (AvgIpc) is 3.24. The van der Waals surface area contributed by atoms with Crippen LogP contribution in [0.25, 0.3) is 16.8 Å². The molecule has 0 saturated carbocycles. The van der Waals surface area contributed by atoms with Gasteiger partial charge in [0.25, 0.3) is 0 Å². The van der Waals surface area contributed by atoms with Gasteiger partial charge in [0.1, 0.15) is 10.8 Å². The number of aromatic nitrogens is 3. The molecule has 2 aromatic heterocycles. The smallest absolute Gasteiger partial charge is 0.234 e. The van der Waals surface area contributed by atoms with E-state index in [1.165, 1.54) is 17.3 Å². The Kier molecular flexibility index (Phi) is 6.75. The monoisotopic (exact) mass is 446 g/mol. The van der Waals surface area contributed by atoms with Crippen molar-refractivity contribution in [1.29, 1.82) is 0 Å². The summed E-state index contributed by atoms with van der Waals surface area (Å²) in [5.74, 6) is 1.50. The van der Waals surface area contributed by atoms with Gasteiger partial charge in [0.2, 0.25) is 5.91 Å². The molecular formula is C25H26N4O2S. The van der Waals surface area contributed by atoms with Crippen LogP contribution in [-0.4, -0.2) is 32.9 Å². The lowest BCUT2D eigenvalue weighted by Crippen LogP contribution is -2.14. The molecule has 0 unspecified atom stereocenters. The van der Waals surface area contributed by atoms with Crippen LogP contribution in [-0.2, 0) is 4.79 Å². The number of nitrogens with one attached hydrogen (secondary N) is 1. The zero-order valence-corrected chi connectivity index (χ0v) is 19.2. The van der Waals surface area contributed by atoms with Crippen molar-refractivity contribution in [2.24, 2.45) is 0 Å². The molecular weight excluding hydrogens is 420 g/mol. The average molecular weight is 447 g/mol. The van der Waals surface area contributed by atoms with Crippen LogP contribution in [0.1, 0.15) is 32.3 Å². The summed E-state index contributed by atoms with van der Waals surface area (Å²) in [4.78, 5) is 16.9. The van der Waals surface area contributed by atoms with Crippen LogP contribution in [0, 0.1) is 0 Å². The second kappa shape index (κ2) is 9.87. The molecule has 164 valence electrons. The number of hydrogen-bond acceptors (Lipinski definition) is 5. The van der Waals surface area contributed by atoms with E-state index in [0.717, 1.165) is 33.2 Å². The predicted molar refractivity (Wildman–Crippen MR) is 129 cm³/mol. The van der Waals surface area contributed by atoms with Crippen molar-refractivity contribution < 1.29 is 9.53 Å². The number of fused-ring (bicyclic) bond motifs is 1. The number of rotatable bonds is 8. The second-order valence-electron chi connectivity index (χ2n) is 7.66. The van der Waals surface area contributed by atoms with Gasteiger partial charge in [-0.15, -0.1) is 0 Å². The number of thioether (sulfide) groups is 1. The Labute approximate surface area is 192 Å². The molecule has 1 N–H and O–H groups in total. The van der Waals surface area contributed by atoms with E-state index in [1.54, 1.807) is 10.7 Å². The van der Waals surface area contributed by atoms with Crippen LogP contribution in [0.5, 0.6) is 5.75 Å². The Morgan fingerprint density at radius 3 is 2.56 bits per heavy atom. The van der Waals surface area contributed by atoms with E-state index in [0.29, 0.717) is 12.5 Å². The molecule has 2 heterocycles. The highest BCUT2D eigenvalue weighted by molar-refractivity contribution is 8.00. The van der Waals surface area contributed by atoms with E-state index < -0.39 is 0 Å². The molecule has 0 atom stereocenters.